The van der Waals surface area contributed by atoms with Crippen molar-refractivity contribution in [1.29, 1.82) is 0 Å². The summed E-state index contributed by atoms with van der Waals surface area (Å²) in [7, 11) is 3.11. The predicted octanol–water partition coefficient (Wildman–Crippen LogP) is 5.36. The Hall–Kier alpha value is -2.62. The first-order valence-corrected chi connectivity index (χ1v) is 12.3. The van der Waals surface area contributed by atoms with E-state index < -0.39 is 0 Å². The molecule has 3 aromatic rings. The SMILES string of the molecule is CCn1c(CCCOc2ccc(Cl)cc2Cl)nnc1SCC(=O)Nc1ccc(OC)cc1OC. The Morgan fingerprint density at radius 2 is 1.91 bits per heavy atom. The number of ether oxygens (including phenoxy) is 3. The van der Waals surface area contributed by atoms with Crippen LogP contribution < -0.4 is 19.5 Å². The average Bonchev–Trinajstić information content (AvgIpc) is 3.23. The molecule has 0 aliphatic carbocycles. The third kappa shape index (κ3) is 6.94. The summed E-state index contributed by atoms with van der Waals surface area (Å²) in [6.07, 6.45) is 1.42. The molecule has 1 N–H and O–H groups in total. The minimum absolute atomic E-state index is 0.172. The summed E-state index contributed by atoms with van der Waals surface area (Å²) in [4.78, 5) is 12.5. The van der Waals surface area contributed by atoms with E-state index in [1.807, 2.05) is 11.5 Å². The minimum atomic E-state index is -0.172. The number of rotatable bonds is 12. The highest BCUT2D eigenvalue weighted by Crippen LogP contribution is 2.30. The third-order valence-electron chi connectivity index (χ3n) is 4.82. The fraction of sp³-hybridized carbons (Fsp3) is 0.348. The molecule has 182 valence electrons. The maximum absolute atomic E-state index is 12.5. The molecule has 0 radical (unpaired) electrons. The van der Waals surface area contributed by atoms with E-state index in [0.717, 1.165) is 12.2 Å². The second kappa shape index (κ2) is 12.7. The van der Waals surface area contributed by atoms with Gasteiger partial charge in [0.25, 0.3) is 0 Å². The molecule has 11 heteroatoms. The Morgan fingerprint density at radius 1 is 1.09 bits per heavy atom. The fourth-order valence-corrected chi connectivity index (χ4v) is 4.44. The second-order valence-corrected chi connectivity index (χ2v) is 8.86. The van der Waals surface area contributed by atoms with Crippen molar-refractivity contribution >= 4 is 46.6 Å². The summed E-state index contributed by atoms with van der Waals surface area (Å²) in [5.74, 6) is 2.62. The van der Waals surface area contributed by atoms with Crippen LogP contribution in [0.4, 0.5) is 5.69 Å². The number of aryl methyl sites for hydroxylation is 1. The van der Waals surface area contributed by atoms with Gasteiger partial charge in [-0.1, -0.05) is 35.0 Å². The third-order valence-corrected chi connectivity index (χ3v) is 6.32. The molecule has 0 saturated heterocycles. The number of amides is 1. The first kappa shape index (κ1) is 26.0. The van der Waals surface area contributed by atoms with Crippen LogP contribution in [-0.4, -0.2) is 47.3 Å². The second-order valence-electron chi connectivity index (χ2n) is 7.07. The van der Waals surface area contributed by atoms with E-state index >= 15 is 0 Å². The van der Waals surface area contributed by atoms with Gasteiger partial charge in [-0.25, -0.2) is 0 Å². The molecule has 1 aromatic heterocycles. The van der Waals surface area contributed by atoms with Gasteiger partial charge in [-0.2, -0.15) is 0 Å². The topological polar surface area (TPSA) is 87.5 Å². The van der Waals surface area contributed by atoms with Crippen molar-refractivity contribution < 1.29 is 19.0 Å². The van der Waals surface area contributed by atoms with Crippen LogP contribution in [0.1, 0.15) is 19.2 Å². The van der Waals surface area contributed by atoms with Crippen LogP contribution in [0, 0.1) is 0 Å². The van der Waals surface area contributed by atoms with Gasteiger partial charge in [0.1, 0.15) is 23.1 Å². The Labute approximate surface area is 212 Å². The molecule has 0 aliphatic rings. The highest BCUT2D eigenvalue weighted by molar-refractivity contribution is 7.99. The molecule has 0 atom stereocenters. The number of hydrogen-bond donors (Lipinski definition) is 1. The largest absolute Gasteiger partial charge is 0.497 e. The van der Waals surface area contributed by atoms with Gasteiger partial charge in [0.05, 0.1) is 37.3 Å². The van der Waals surface area contributed by atoms with Crippen molar-refractivity contribution in [3.63, 3.8) is 0 Å². The first-order chi connectivity index (χ1) is 16.4. The molecule has 8 nitrogen and oxygen atoms in total. The smallest absolute Gasteiger partial charge is 0.234 e. The van der Waals surface area contributed by atoms with Crippen LogP contribution in [0.25, 0.3) is 0 Å². The normalized spacial score (nSPS) is 10.7. The molecule has 0 fully saturated rings. The van der Waals surface area contributed by atoms with Gasteiger partial charge in [0.15, 0.2) is 5.16 Å². The number of nitrogens with zero attached hydrogens (tertiary/aromatic N) is 3. The first-order valence-electron chi connectivity index (χ1n) is 10.6. The van der Waals surface area contributed by atoms with E-state index in [1.165, 1.54) is 11.8 Å². The zero-order chi connectivity index (χ0) is 24.5. The van der Waals surface area contributed by atoms with Crippen molar-refractivity contribution in [3.8, 4) is 17.2 Å². The lowest BCUT2D eigenvalue weighted by Crippen LogP contribution is -2.15. The van der Waals surface area contributed by atoms with Gasteiger partial charge >= 0.3 is 0 Å². The monoisotopic (exact) mass is 524 g/mol. The number of aromatic nitrogens is 3. The van der Waals surface area contributed by atoms with Gasteiger partial charge in [-0.15, -0.1) is 10.2 Å². The van der Waals surface area contributed by atoms with Crippen LogP contribution >= 0.6 is 35.0 Å². The number of benzene rings is 2. The average molecular weight is 525 g/mol. The van der Waals surface area contributed by atoms with E-state index in [-0.39, 0.29) is 11.7 Å². The summed E-state index contributed by atoms with van der Waals surface area (Å²) in [5.41, 5.74) is 0.576. The maximum atomic E-state index is 12.5. The molecule has 0 aliphatic heterocycles. The van der Waals surface area contributed by atoms with Crippen molar-refractivity contribution in [2.45, 2.75) is 31.5 Å². The van der Waals surface area contributed by atoms with Gasteiger partial charge < -0.3 is 24.1 Å². The number of carbonyl (C=O) groups is 1. The van der Waals surface area contributed by atoms with E-state index in [9.17, 15) is 4.79 Å². The number of anilines is 1. The Kier molecular flexibility index (Phi) is 9.74. The van der Waals surface area contributed by atoms with Gasteiger partial charge in [0.2, 0.25) is 5.91 Å². The quantitative estimate of drug-likeness (QED) is 0.252. The summed E-state index contributed by atoms with van der Waals surface area (Å²) in [6, 6.07) is 10.4. The number of methoxy groups -OCH3 is 2. The molecule has 2 aromatic carbocycles. The van der Waals surface area contributed by atoms with Crippen LogP contribution in [0.3, 0.4) is 0 Å². The summed E-state index contributed by atoms with van der Waals surface area (Å²) in [6.45, 7) is 3.19. The number of thioether (sulfide) groups is 1. The minimum Gasteiger partial charge on any atom is -0.497 e. The van der Waals surface area contributed by atoms with Gasteiger partial charge in [-0.05, 0) is 43.7 Å². The lowest BCUT2D eigenvalue weighted by Gasteiger charge is -2.12. The lowest BCUT2D eigenvalue weighted by atomic mass is 10.2. The highest BCUT2D eigenvalue weighted by Gasteiger charge is 2.15. The van der Waals surface area contributed by atoms with Gasteiger partial charge in [0, 0.05) is 24.1 Å². The van der Waals surface area contributed by atoms with Crippen LogP contribution in [0.5, 0.6) is 17.2 Å². The van der Waals surface area contributed by atoms with Crippen LogP contribution in [0.2, 0.25) is 10.0 Å². The number of halogens is 2. The molecule has 34 heavy (non-hydrogen) atoms. The molecule has 0 bridgehead atoms. The fourth-order valence-electron chi connectivity index (χ4n) is 3.15. The molecule has 1 heterocycles. The lowest BCUT2D eigenvalue weighted by molar-refractivity contribution is -0.113. The van der Waals surface area contributed by atoms with Crippen molar-refractivity contribution in [3.05, 3.63) is 52.3 Å². The van der Waals surface area contributed by atoms with Crippen molar-refractivity contribution in [2.75, 3.05) is 31.9 Å². The Balaban J connectivity index is 1.51. The molecule has 0 spiro atoms. The summed E-state index contributed by atoms with van der Waals surface area (Å²) < 4.78 is 18.2. The van der Waals surface area contributed by atoms with Crippen LogP contribution in [0.15, 0.2) is 41.6 Å². The Morgan fingerprint density at radius 3 is 2.62 bits per heavy atom. The summed E-state index contributed by atoms with van der Waals surface area (Å²) in [5, 5.41) is 13.2. The highest BCUT2D eigenvalue weighted by atomic mass is 35.5. The van der Waals surface area contributed by atoms with Crippen LogP contribution in [-0.2, 0) is 17.8 Å². The molecule has 0 unspecified atom stereocenters. The van der Waals surface area contributed by atoms with E-state index in [2.05, 4.69) is 15.5 Å². The number of carbonyl (C=O) groups excluding carboxylic acids is 1. The van der Waals surface area contributed by atoms with Crippen molar-refractivity contribution in [1.82, 2.24) is 14.8 Å². The number of nitrogens with one attached hydrogen (secondary N) is 1. The zero-order valence-corrected chi connectivity index (χ0v) is 21.5. The molecule has 3 rings (SSSR count). The zero-order valence-electron chi connectivity index (χ0n) is 19.1. The standard InChI is InChI=1S/C23H26Cl2N4O4S/c1-4-29-21(6-5-11-33-19-10-7-15(24)12-17(19)25)27-28-23(29)34-14-22(30)26-18-9-8-16(31-2)13-20(18)32-3/h7-10,12-13H,4-6,11,14H2,1-3H3,(H,26,30). The molecular formula is C23H26Cl2N4O4S. The van der Waals surface area contributed by atoms with E-state index in [1.54, 1.807) is 50.6 Å². The van der Waals surface area contributed by atoms with E-state index in [4.69, 9.17) is 37.4 Å². The molecular weight excluding hydrogens is 499 g/mol. The molecule has 0 saturated carbocycles. The van der Waals surface area contributed by atoms with E-state index in [0.29, 0.717) is 57.7 Å². The molecule has 1 amide bonds. The predicted molar refractivity (Wildman–Crippen MR) is 135 cm³/mol. The number of hydrogen-bond acceptors (Lipinski definition) is 7. The Bertz CT molecular complexity index is 1130. The van der Waals surface area contributed by atoms with Gasteiger partial charge in [-0.3, -0.25) is 4.79 Å². The van der Waals surface area contributed by atoms with Crippen molar-refractivity contribution in [2.24, 2.45) is 0 Å². The summed E-state index contributed by atoms with van der Waals surface area (Å²) >= 11 is 13.4. The maximum Gasteiger partial charge on any atom is 0.234 e.